The van der Waals surface area contributed by atoms with Crippen molar-refractivity contribution in [2.45, 2.75) is 33.0 Å². The van der Waals surface area contributed by atoms with Crippen LogP contribution >= 0.6 is 15.9 Å². The van der Waals surface area contributed by atoms with E-state index in [1.54, 1.807) is 46.4 Å². The average Bonchev–Trinajstić information content (AvgIpc) is 3.32. The van der Waals surface area contributed by atoms with E-state index in [0.29, 0.717) is 34.5 Å². The van der Waals surface area contributed by atoms with Crippen molar-refractivity contribution in [2.24, 2.45) is 0 Å². The van der Waals surface area contributed by atoms with Crippen molar-refractivity contribution in [3.05, 3.63) is 80.6 Å². The van der Waals surface area contributed by atoms with Crippen LogP contribution in [0.15, 0.2) is 52.3 Å². The zero-order valence-corrected chi connectivity index (χ0v) is 18.5. The number of pyridine rings is 1. The molecule has 7 nitrogen and oxygen atoms in total. The molecule has 0 bridgehead atoms. The Balaban J connectivity index is 1.51. The Bertz CT molecular complexity index is 1400. The molecular weight excluding hydrogens is 465 g/mol. The molecule has 3 aromatic heterocycles. The maximum Gasteiger partial charge on any atom is 0.275 e. The third-order valence-electron chi connectivity index (χ3n) is 5.75. The van der Waals surface area contributed by atoms with Crippen molar-refractivity contribution in [1.29, 1.82) is 0 Å². The van der Waals surface area contributed by atoms with Gasteiger partial charge in [0.15, 0.2) is 0 Å². The van der Waals surface area contributed by atoms with E-state index in [0.717, 1.165) is 16.6 Å². The molecule has 31 heavy (non-hydrogen) atoms. The summed E-state index contributed by atoms with van der Waals surface area (Å²) in [5.74, 6) is -0.555. The van der Waals surface area contributed by atoms with Crippen LogP contribution in [-0.2, 0) is 13.1 Å². The molecule has 1 aliphatic heterocycles. The Hall–Kier alpha value is -3.20. The first-order valence-corrected chi connectivity index (χ1v) is 10.6. The van der Waals surface area contributed by atoms with Gasteiger partial charge in [-0.05, 0) is 59.6 Å². The van der Waals surface area contributed by atoms with E-state index < -0.39 is 0 Å². The van der Waals surface area contributed by atoms with E-state index in [-0.39, 0.29) is 23.3 Å². The van der Waals surface area contributed by atoms with Crippen LogP contribution < -0.4 is 5.56 Å². The highest BCUT2D eigenvalue weighted by atomic mass is 79.9. The number of carbonyl (C=O) groups excluding carboxylic acids is 1. The highest BCUT2D eigenvalue weighted by Crippen LogP contribution is 2.28. The number of aromatic nitrogens is 4. The number of aromatic amines is 1. The summed E-state index contributed by atoms with van der Waals surface area (Å²) in [7, 11) is 0. The lowest BCUT2D eigenvalue weighted by Gasteiger charge is -2.35. The van der Waals surface area contributed by atoms with Gasteiger partial charge in [0.25, 0.3) is 11.5 Å². The molecule has 0 aliphatic carbocycles. The largest absolute Gasteiger partial charge is 0.361 e. The molecule has 0 radical (unpaired) electrons. The van der Waals surface area contributed by atoms with Gasteiger partial charge in [0, 0.05) is 42.4 Å². The van der Waals surface area contributed by atoms with Gasteiger partial charge in [0.05, 0.1) is 16.5 Å². The Kier molecular flexibility index (Phi) is 4.58. The number of rotatable bonds is 3. The predicted octanol–water partition coefficient (Wildman–Crippen LogP) is 3.77. The van der Waals surface area contributed by atoms with Crippen molar-refractivity contribution in [3.63, 3.8) is 0 Å². The van der Waals surface area contributed by atoms with Crippen LogP contribution in [-0.4, -0.2) is 36.0 Å². The number of amides is 1. The van der Waals surface area contributed by atoms with Gasteiger partial charge < -0.3 is 19.0 Å². The molecule has 4 aromatic rings. The summed E-state index contributed by atoms with van der Waals surface area (Å²) in [6.45, 7) is 4.52. The van der Waals surface area contributed by atoms with Crippen LogP contribution in [0.25, 0.3) is 16.6 Å². The lowest BCUT2D eigenvalue weighted by Crippen LogP contribution is -2.49. The van der Waals surface area contributed by atoms with Gasteiger partial charge in [-0.25, -0.2) is 9.37 Å². The number of benzene rings is 1. The molecule has 4 heterocycles. The van der Waals surface area contributed by atoms with Gasteiger partial charge >= 0.3 is 0 Å². The zero-order chi connectivity index (χ0) is 21.9. The van der Waals surface area contributed by atoms with E-state index in [1.165, 1.54) is 10.6 Å². The quantitative estimate of drug-likeness (QED) is 0.481. The molecule has 0 saturated carbocycles. The van der Waals surface area contributed by atoms with E-state index in [1.807, 2.05) is 13.8 Å². The smallest absolute Gasteiger partial charge is 0.275 e. The van der Waals surface area contributed by atoms with Crippen LogP contribution in [0.2, 0.25) is 0 Å². The monoisotopic (exact) mass is 483 g/mol. The first kappa shape index (κ1) is 19.7. The molecule has 0 spiro atoms. The number of carbonyl (C=O) groups is 1. The summed E-state index contributed by atoms with van der Waals surface area (Å²) in [5, 5.41) is 0.849. The minimum Gasteiger partial charge on any atom is -0.361 e. The van der Waals surface area contributed by atoms with E-state index >= 15 is 0 Å². The Labute approximate surface area is 185 Å². The molecule has 158 valence electrons. The van der Waals surface area contributed by atoms with Gasteiger partial charge in [-0.2, -0.15) is 0 Å². The molecule has 5 rings (SSSR count). The first-order valence-electron chi connectivity index (χ1n) is 9.84. The minimum absolute atomic E-state index is 0.189. The fourth-order valence-corrected chi connectivity index (χ4v) is 4.45. The number of hydrogen-bond acceptors (Lipinski definition) is 3. The summed E-state index contributed by atoms with van der Waals surface area (Å²) < 4.78 is 17.4. The van der Waals surface area contributed by atoms with Gasteiger partial charge in [0.2, 0.25) is 0 Å². The van der Waals surface area contributed by atoms with Gasteiger partial charge in [0.1, 0.15) is 17.2 Å². The summed E-state index contributed by atoms with van der Waals surface area (Å²) in [5.41, 5.74) is 2.96. The van der Waals surface area contributed by atoms with E-state index in [2.05, 4.69) is 25.9 Å². The Morgan fingerprint density at radius 2 is 2.10 bits per heavy atom. The number of fused-ring (bicyclic) bond motifs is 2. The van der Waals surface area contributed by atoms with Gasteiger partial charge in [-0.15, -0.1) is 0 Å². The number of H-pyrrole nitrogens is 1. The number of hydrogen-bond donors (Lipinski definition) is 1. The fraction of sp³-hybridized carbons (Fsp3) is 0.227. The molecule has 1 atom stereocenters. The molecule has 1 aliphatic rings. The highest BCUT2D eigenvalue weighted by molar-refractivity contribution is 9.10. The van der Waals surface area contributed by atoms with Crippen LogP contribution in [0.5, 0.6) is 0 Å². The summed E-state index contributed by atoms with van der Waals surface area (Å²) in [6.07, 6.45) is 5.17. The van der Waals surface area contributed by atoms with Crippen molar-refractivity contribution < 1.29 is 9.18 Å². The molecule has 1 aromatic carbocycles. The normalized spacial score (nSPS) is 16.2. The number of nitrogens with one attached hydrogen (secondary N) is 1. The molecular formula is C22H19BrFN5O2. The topological polar surface area (TPSA) is 75.9 Å². The number of halogens is 2. The molecule has 0 fully saturated rings. The van der Waals surface area contributed by atoms with Crippen molar-refractivity contribution in [3.8, 4) is 5.69 Å². The van der Waals surface area contributed by atoms with Gasteiger partial charge in [-0.1, -0.05) is 0 Å². The Morgan fingerprint density at radius 1 is 1.29 bits per heavy atom. The second-order valence-corrected chi connectivity index (χ2v) is 8.70. The van der Waals surface area contributed by atoms with Crippen LogP contribution in [0.4, 0.5) is 4.39 Å². The first-order chi connectivity index (χ1) is 14.8. The summed E-state index contributed by atoms with van der Waals surface area (Å²) >= 11 is 3.23. The van der Waals surface area contributed by atoms with Crippen molar-refractivity contribution in [1.82, 2.24) is 24.0 Å². The zero-order valence-electron chi connectivity index (χ0n) is 16.9. The van der Waals surface area contributed by atoms with Crippen LogP contribution in [0, 0.1) is 12.7 Å². The number of nitrogens with zero attached hydrogens (tertiary/aromatic N) is 4. The van der Waals surface area contributed by atoms with Gasteiger partial charge in [-0.3, -0.25) is 9.59 Å². The standard InChI is InChI=1S/C22H19BrFN5O2/c1-12-8-27(11-26-12)19-3-4-20-22(31)28(13(2)9-29(20)21(19)30)10-14-7-25-18-6-17(24)16(23)5-15(14)18/h3-8,11,13,25H,9-10H2,1-2H3/t13-/m1/s1. The second kappa shape index (κ2) is 7.19. The Morgan fingerprint density at radius 3 is 2.84 bits per heavy atom. The van der Waals surface area contributed by atoms with Crippen LogP contribution in [0.1, 0.15) is 28.7 Å². The molecule has 0 saturated heterocycles. The van der Waals surface area contributed by atoms with Crippen molar-refractivity contribution in [2.75, 3.05) is 0 Å². The number of aryl methyl sites for hydroxylation is 1. The number of imidazole rings is 1. The lowest BCUT2D eigenvalue weighted by molar-refractivity contribution is 0.0591. The fourth-order valence-electron chi connectivity index (χ4n) is 4.11. The maximum absolute atomic E-state index is 13.8. The minimum atomic E-state index is -0.347. The SMILES string of the molecule is Cc1cn(-c2ccc3n(c2=O)C[C@@H](C)N(Cc2c[nH]c4cc(F)c(Br)cc24)C3=O)cn1. The van der Waals surface area contributed by atoms with Crippen LogP contribution in [0.3, 0.4) is 0 Å². The third kappa shape index (κ3) is 3.20. The molecule has 1 N–H and O–H groups in total. The highest BCUT2D eigenvalue weighted by Gasteiger charge is 2.31. The van der Waals surface area contributed by atoms with Crippen molar-refractivity contribution >= 4 is 32.7 Å². The second-order valence-electron chi connectivity index (χ2n) is 7.85. The summed E-state index contributed by atoms with van der Waals surface area (Å²) in [6, 6.07) is 6.30. The maximum atomic E-state index is 13.8. The average molecular weight is 484 g/mol. The van der Waals surface area contributed by atoms with E-state index in [4.69, 9.17) is 0 Å². The predicted molar refractivity (Wildman–Crippen MR) is 118 cm³/mol. The molecule has 1 amide bonds. The third-order valence-corrected chi connectivity index (χ3v) is 6.36. The van der Waals surface area contributed by atoms with E-state index in [9.17, 15) is 14.0 Å². The summed E-state index contributed by atoms with van der Waals surface area (Å²) in [4.78, 5) is 35.4. The molecule has 9 heteroatoms. The lowest BCUT2D eigenvalue weighted by atomic mass is 10.1. The molecule has 0 unspecified atom stereocenters.